The lowest BCUT2D eigenvalue weighted by atomic mass is 10.1. The summed E-state index contributed by atoms with van der Waals surface area (Å²) in [7, 11) is 0. The number of rotatable bonds is 13. The van der Waals surface area contributed by atoms with Crippen molar-refractivity contribution in [1.82, 2.24) is 5.32 Å². The topological polar surface area (TPSA) is 231 Å². The molecule has 5 N–H and O–H groups in total. The minimum Gasteiger partial charge on any atom is -0.481 e. The minimum absolute atomic E-state index is 0.0332. The van der Waals surface area contributed by atoms with E-state index >= 15 is 0 Å². The zero-order valence-electron chi connectivity index (χ0n) is 24.6. The Kier molecular flexibility index (Phi) is 13.6. The van der Waals surface area contributed by atoms with Gasteiger partial charge in [-0.1, -0.05) is 53.6 Å². The van der Waals surface area contributed by atoms with E-state index in [1.807, 2.05) is 0 Å². The number of carboxylic acid groups (broad SMARTS) is 4. The molecule has 0 saturated carbocycles. The first-order valence-corrected chi connectivity index (χ1v) is 13.5. The van der Waals surface area contributed by atoms with E-state index in [1.165, 1.54) is 24.3 Å². The molecule has 14 nitrogen and oxygen atoms in total. The Balaban J connectivity index is 0.000000353. The quantitative estimate of drug-likeness (QED) is 0.170. The van der Waals surface area contributed by atoms with Crippen LogP contribution in [0.4, 0.5) is 0 Å². The van der Waals surface area contributed by atoms with Gasteiger partial charge in [0.1, 0.15) is 6.04 Å². The van der Waals surface area contributed by atoms with E-state index in [1.54, 1.807) is 68.4 Å². The van der Waals surface area contributed by atoms with Gasteiger partial charge in [-0.25, -0.2) is 24.0 Å². The first kappa shape index (κ1) is 36.1. The van der Waals surface area contributed by atoms with Gasteiger partial charge in [0.25, 0.3) is 5.91 Å². The van der Waals surface area contributed by atoms with Crippen LogP contribution in [0.2, 0.25) is 0 Å². The van der Waals surface area contributed by atoms with Gasteiger partial charge in [0.05, 0.1) is 11.1 Å². The number of hydrogen-bond donors (Lipinski definition) is 5. The van der Waals surface area contributed by atoms with Crippen molar-refractivity contribution in [2.45, 2.75) is 44.9 Å². The molecule has 0 bridgehead atoms. The molecule has 0 aliphatic rings. The lowest BCUT2D eigenvalue weighted by Gasteiger charge is -2.21. The van der Waals surface area contributed by atoms with Crippen LogP contribution in [0.15, 0.2) is 78.9 Å². The van der Waals surface area contributed by atoms with E-state index in [9.17, 15) is 43.8 Å². The molecule has 3 rings (SSSR count). The normalized spacial score (nSPS) is 12.1. The van der Waals surface area contributed by atoms with Gasteiger partial charge in [-0.3, -0.25) is 9.59 Å². The molecule has 0 spiro atoms. The average molecular weight is 638 g/mol. The van der Waals surface area contributed by atoms with Gasteiger partial charge in [0, 0.05) is 12.0 Å². The molecule has 0 radical (unpaired) electrons. The fraction of sp³-hybridized carbons (Fsp3) is 0.219. The molecule has 0 heterocycles. The number of aryl methyl sites for hydroxylation is 2. The largest absolute Gasteiger partial charge is 0.481 e. The summed E-state index contributed by atoms with van der Waals surface area (Å²) in [6.07, 6.45) is -4.91. The molecule has 0 aliphatic heterocycles. The Morgan fingerprint density at radius 1 is 0.587 bits per heavy atom. The average Bonchev–Trinajstić information content (AvgIpc) is 3.01. The molecule has 0 saturated heterocycles. The number of hydrogen-bond acceptors (Lipinski definition) is 9. The smallest absolute Gasteiger partial charge is 0.349 e. The fourth-order valence-corrected chi connectivity index (χ4v) is 3.59. The molecule has 46 heavy (non-hydrogen) atoms. The van der Waals surface area contributed by atoms with Crippen LogP contribution in [0.5, 0.6) is 0 Å². The highest BCUT2D eigenvalue weighted by molar-refractivity contribution is 5.97. The van der Waals surface area contributed by atoms with Crippen LogP contribution >= 0.6 is 0 Å². The predicted octanol–water partition coefficient (Wildman–Crippen LogP) is 2.96. The van der Waals surface area contributed by atoms with Crippen LogP contribution in [0.3, 0.4) is 0 Å². The molecular weight excluding hydrogens is 606 g/mol. The fourth-order valence-electron chi connectivity index (χ4n) is 3.59. The van der Waals surface area contributed by atoms with Gasteiger partial charge in [-0.15, -0.1) is 0 Å². The van der Waals surface area contributed by atoms with E-state index in [0.29, 0.717) is 5.56 Å². The van der Waals surface area contributed by atoms with Crippen LogP contribution in [-0.4, -0.2) is 80.4 Å². The summed E-state index contributed by atoms with van der Waals surface area (Å²) in [5.41, 5.74) is 2.12. The Morgan fingerprint density at radius 3 is 1.35 bits per heavy atom. The Bertz CT molecular complexity index is 1480. The van der Waals surface area contributed by atoms with Crippen molar-refractivity contribution in [3.63, 3.8) is 0 Å². The highest BCUT2D eigenvalue weighted by atomic mass is 16.6. The number of nitrogens with one attached hydrogen (secondary N) is 1. The zero-order valence-corrected chi connectivity index (χ0v) is 24.6. The number of carbonyl (C=O) groups excluding carboxylic acids is 3. The third kappa shape index (κ3) is 11.6. The maximum atomic E-state index is 12.2. The van der Waals surface area contributed by atoms with Crippen LogP contribution < -0.4 is 5.32 Å². The number of esters is 2. The molecule has 0 aliphatic carbocycles. The van der Waals surface area contributed by atoms with E-state index in [-0.39, 0.29) is 24.0 Å². The third-order valence-electron chi connectivity index (χ3n) is 6.09. The molecule has 14 heteroatoms. The molecule has 0 aromatic heterocycles. The standard InChI is InChI=1S/C20H18O8.C12H13NO5/c1-11-3-7-13(8-4-11)19(25)27-15(17(21)22)16(18(23)24)28-20(26)14-9-5-12(2)6-10-14;14-10(15)7-6-9(12(17)18)13-11(16)8-4-2-1-3-5-8/h3-10,15-16H,1-2H3,(H,21,22)(H,23,24);1-5,9H,6-7H2,(H,13,16)(H,14,15)(H,17,18)/t15-,16-;9-/m10/s1. The molecule has 242 valence electrons. The van der Waals surface area contributed by atoms with E-state index in [2.05, 4.69) is 5.32 Å². The molecule has 1 amide bonds. The van der Waals surface area contributed by atoms with E-state index < -0.39 is 60.0 Å². The summed E-state index contributed by atoms with van der Waals surface area (Å²) in [6.45, 7) is 3.58. The minimum atomic E-state index is -2.22. The van der Waals surface area contributed by atoms with Crippen LogP contribution in [0.25, 0.3) is 0 Å². The molecule has 3 aromatic carbocycles. The van der Waals surface area contributed by atoms with Crippen molar-refractivity contribution in [3.8, 4) is 0 Å². The van der Waals surface area contributed by atoms with Gasteiger partial charge in [0.15, 0.2) is 0 Å². The molecule has 0 fully saturated rings. The predicted molar refractivity (Wildman–Crippen MR) is 158 cm³/mol. The maximum absolute atomic E-state index is 12.2. The summed E-state index contributed by atoms with van der Waals surface area (Å²) in [6, 6.07) is 19.0. The Morgan fingerprint density at radius 2 is 1.00 bits per heavy atom. The van der Waals surface area contributed by atoms with Crippen molar-refractivity contribution in [1.29, 1.82) is 0 Å². The van der Waals surface area contributed by atoms with Crippen molar-refractivity contribution in [2.75, 3.05) is 0 Å². The Labute approximate surface area is 262 Å². The van der Waals surface area contributed by atoms with Crippen molar-refractivity contribution < 1.29 is 63.5 Å². The summed E-state index contributed by atoms with van der Waals surface area (Å²) in [5.74, 6) is -8.51. The van der Waals surface area contributed by atoms with Crippen molar-refractivity contribution >= 4 is 41.7 Å². The number of aliphatic carboxylic acids is 4. The first-order chi connectivity index (χ1) is 21.7. The second-order valence-electron chi connectivity index (χ2n) is 9.72. The molecule has 3 atom stereocenters. The van der Waals surface area contributed by atoms with Gasteiger partial charge in [-0.2, -0.15) is 0 Å². The summed E-state index contributed by atoms with van der Waals surface area (Å²) in [4.78, 5) is 80.3. The second kappa shape index (κ2) is 17.3. The second-order valence-corrected chi connectivity index (χ2v) is 9.72. The lowest BCUT2D eigenvalue weighted by molar-refractivity contribution is -0.166. The number of amides is 1. The van der Waals surface area contributed by atoms with Crippen molar-refractivity contribution in [3.05, 3.63) is 107 Å². The lowest BCUT2D eigenvalue weighted by Crippen LogP contribution is -2.45. The van der Waals surface area contributed by atoms with Gasteiger partial charge < -0.3 is 35.2 Å². The van der Waals surface area contributed by atoms with Crippen LogP contribution in [0, 0.1) is 13.8 Å². The molecule has 3 aromatic rings. The van der Waals surface area contributed by atoms with Crippen LogP contribution in [-0.2, 0) is 28.7 Å². The summed E-state index contributed by atoms with van der Waals surface area (Å²) < 4.78 is 9.64. The maximum Gasteiger partial charge on any atom is 0.349 e. The van der Waals surface area contributed by atoms with Gasteiger partial charge >= 0.3 is 35.8 Å². The molecule has 0 unspecified atom stereocenters. The van der Waals surface area contributed by atoms with Crippen molar-refractivity contribution in [2.24, 2.45) is 0 Å². The number of carboxylic acids is 4. The zero-order chi connectivity index (χ0) is 34.4. The van der Waals surface area contributed by atoms with Gasteiger partial charge in [0.2, 0.25) is 12.2 Å². The SMILES string of the molecule is Cc1ccc(C(=O)O[C@@H](C(=O)O)[C@@H](OC(=O)c2ccc(C)cc2)C(=O)O)cc1.O=C(O)CC[C@H](NC(=O)c1ccccc1)C(=O)O. The van der Waals surface area contributed by atoms with E-state index in [0.717, 1.165) is 11.1 Å². The monoisotopic (exact) mass is 637 g/mol. The first-order valence-electron chi connectivity index (χ1n) is 13.5. The van der Waals surface area contributed by atoms with E-state index in [4.69, 9.17) is 19.7 Å². The van der Waals surface area contributed by atoms with Gasteiger partial charge in [-0.05, 0) is 56.7 Å². The summed E-state index contributed by atoms with van der Waals surface area (Å²) >= 11 is 0. The van der Waals surface area contributed by atoms with Crippen LogP contribution in [0.1, 0.15) is 55.0 Å². The summed E-state index contributed by atoms with van der Waals surface area (Å²) in [5, 5.41) is 38.3. The third-order valence-corrected chi connectivity index (χ3v) is 6.09. The number of ether oxygens (including phenoxy) is 2. The Hall–Kier alpha value is -6.05. The highest BCUT2D eigenvalue weighted by Gasteiger charge is 2.41. The number of benzene rings is 3. The number of carbonyl (C=O) groups is 7. The molecular formula is C32H31NO13. The highest BCUT2D eigenvalue weighted by Crippen LogP contribution is 2.14.